The molecule has 3 heteroatoms. The molecule has 2 atom stereocenters. The fraction of sp³-hybridized carbons (Fsp3) is 0.900. The molecule has 1 rings (SSSR count). The summed E-state index contributed by atoms with van der Waals surface area (Å²) < 4.78 is 0. The van der Waals surface area contributed by atoms with Crippen LogP contribution in [0.2, 0.25) is 0 Å². The highest BCUT2D eigenvalue weighted by atomic mass is 16.1. The SMILES string of the molecule is CCC1CCCC(NCC(N)=O)C1. The Labute approximate surface area is 80.1 Å². The summed E-state index contributed by atoms with van der Waals surface area (Å²) in [6.07, 6.45) is 6.31. The summed E-state index contributed by atoms with van der Waals surface area (Å²) in [6, 6.07) is 0.520. The van der Waals surface area contributed by atoms with Crippen LogP contribution in [0, 0.1) is 5.92 Å². The van der Waals surface area contributed by atoms with E-state index in [0.29, 0.717) is 12.6 Å². The van der Waals surface area contributed by atoms with Gasteiger partial charge in [0.25, 0.3) is 0 Å². The highest BCUT2D eigenvalue weighted by molar-refractivity contribution is 5.75. The van der Waals surface area contributed by atoms with E-state index in [9.17, 15) is 4.79 Å². The van der Waals surface area contributed by atoms with Gasteiger partial charge in [0.2, 0.25) is 5.91 Å². The number of nitrogens with one attached hydrogen (secondary N) is 1. The van der Waals surface area contributed by atoms with E-state index >= 15 is 0 Å². The largest absolute Gasteiger partial charge is 0.369 e. The number of amides is 1. The maximum Gasteiger partial charge on any atom is 0.231 e. The second kappa shape index (κ2) is 5.22. The minimum absolute atomic E-state index is 0.251. The molecule has 13 heavy (non-hydrogen) atoms. The van der Waals surface area contributed by atoms with Crippen molar-refractivity contribution in [3.8, 4) is 0 Å². The zero-order chi connectivity index (χ0) is 9.68. The second-order valence-electron chi connectivity index (χ2n) is 3.99. The molecule has 0 aromatic heterocycles. The molecule has 2 unspecified atom stereocenters. The number of rotatable bonds is 4. The Morgan fingerprint density at radius 2 is 2.31 bits per heavy atom. The average molecular weight is 184 g/mol. The summed E-state index contributed by atoms with van der Waals surface area (Å²) in [5.41, 5.74) is 5.08. The van der Waals surface area contributed by atoms with Gasteiger partial charge in [0.15, 0.2) is 0 Å². The summed E-state index contributed by atoms with van der Waals surface area (Å²) in [7, 11) is 0. The molecule has 0 aromatic rings. The smallest absolute Gasteiger partial charge is 0.231 e. The van der Waals surface area contributed by atoms with Crippen LogP contribution in [0.5, 0.6) is 0 Å². The van der Waals surface area contributed by atoms with Crippen molar-refractivity contribution in [1.29, 1.82) is 0 Å². The fourth-order valence-corrected chi connectivity index (χ4v) is 2.09. The number of hydrogen-bond donors (Lipinski definition) is 2. The molecule has 1 aliphatic carbocycles. The zero-order valence-corrected chi connectivity index (χ0v) is 8.38. The summed E-state index contributed by atoms with van der Waals surface area (Å²) in [4.78, 5) is 10.6. The molecule has 0 aliphatic heterocycles. The number of hydrogen-bond acceptors (Lipinski definition) is 2. The van der Waals surface area contributed by atoms with Gasteiger partial charge in [0, 0.05) is 6.04 Å². The molecule has 0 spiro atoms. The van der Waals surface area contributed by atoms with Gasteiger partial charge in [-0.05, 0) is 18.8 Å². The third-order valence-electron chi connectivity index (χ3n) is 2.93. The molecule has 3 nitrogen and oxygen atoms in total. The summed E-state index contributed by atoms with van der Waals surface area (Å²) in [6.45, 7) is 2.57. The Hall–Kier alpha value is -0.570. The van der Waals surface area contributed by atoms with Crippen LogP contribution in [0.1, 0.15) is 39.0 Å². The molecule has 0 bridgehead atoms. The van der Waals surface area contributed by atoms with Crippen molar-refractivity contribution in [3.63, 3.8) is 0 Å². The van der Waals surface area contributed by atoms with Crippen LogP contribution in [0.4, 0.5) is 0 Å². The molecule has 0 radical (unpaired) electrons. The van der Waals surface area contributed by atoms with Crippen molar-refractivity contribution in [2.75, 3.05) is 6.54 Å². The van der Waals surface area contributed by atoms with Crippen LogP contribution in [-0.2, 0) is 4.79 Å². The molecule has 1 amide bonds. The van der Waals surface area contributed by atoms with E-state index in [1.165, 1.54) is 32.1 Å². The first kappa shape index (κ1) is 10.5. The highest BCUT2D eigenvalue weighted by Gasteiger charge is 2.20. The van der Waals surface area contributed by atoms with Gasteiger partial charge >= 0.3 is 0 Å². The minimum Gasteiger partial charge on any atom is -0.369 e. The van der Waals surface area contributed by atoms with Crippen LogP contribution in [0.3, 0.4) is 0 Å². The molecule has 1 fully saturated rings. The van der Waals surface area contributed by atoms with E-state index in [0.717, 1.165) is 5.92 Å². The van der Waals surface area contributed by atoms with E-state index in [-0.39, 0.29) is 5.91 Å². The summed E-state index contributed by atoms with van der Waals surface area (Å²) in [5, 5.41) is 3.21. The Kier molecular flexibility index (Phi) is 4.22. The summed E-state index contributed by atoms with van der Waals surface area (Å²) >= 11 is 0. The maximum absolute atomic E-state index is 10.6. The molecular formula is C10H20N2O. The van der Waals surface area contributed by atoms with Crippen molar-refractivity contribution < 1.29 is 4.79 Å². The molecule has 3 N–H and O–H groups in total. The summed E-state index contributed by atoms with van der Waals surface area (Å²) in [5.74, 6) is 0.595. The molecular weight excluding hydrogens is 164 g/mol. The Balaban J connectivity index is 2.21. The Morgan fingerprint density at radius 1 is 1.54 bits per heavy atom. The van der Waals surface area contributed by atoms with Crippen LogP contribution >= 0.6 is 0 Å². The van der Waals surface area contributed by atoms with Crippen molar-refractivity contribution >= 4 is 5.91 Å². The van der Waals surface area contributed by atoms with Crippen LogP contribution in [-0.4, -0.2) is 18.5 Å². The monoisotopic (exact) mass is 184 g/mol. The third-order valence-corrected chi connectivity index (χ3v) is 2.93. The Morgan fingerprint density at radius 3 is 2.92 bits per heavy atom. The van der Waals surface area contributed by atoms with Gasteiger partial charge in [0.1, 0.15) is 0 Å². The third kappa shape index (κ3) is 3.77. The van der Waals surface area contributed by atoms with Gasteiger partial charge in [-0.2, -0.15) is 0 Å². The van der Waals surface area contributed by atoms with Crippen molar-refractivity contribution in [1.82, 2.24) is 5.32 Å². The first-order valence-electron chi connectivity index (χ1n) is 5.24. The van der Waals surface area contributed by atoms with Crippen LogP contribution in [0.15, 0.2) is 0 Å². The number of nitrogens with two attached hydrogens (primary N) is 1. The predicted octanol–water partition coefficient (Wildman–Crippen LogP) is 1.03. The van der Waals surface area contributed by atoms with Gasteiger partial charge in [-0.1, -0.05) is 26.2 Å². The topological polar surface area (TPSA) is 55.1 Å². The van der Waals surface area contributed by atoms with E-state index < -0.39 is 0 Å². The van der Waals surface area contributed by atoms with Crippen LogP contribution < -0.4 is 11.1 Å². The van der Waals surface area contributed by atoms with Gasteiger partial charge in [-0.15, -0.1) is 0 Å². The molecule has 1 saturated carbocycles. The first-order valence-corrected chi connectivity index (χ1v) is 5.24. The van der Waals surface area contributed by atoms with Gasteiger partial charge in [0.05, 0.1) is 6.54 Å². The second-order valence-corrected chi connectivity index (χ2v) is 3.99. The molecule has 1 aliphatic rings. The fourth-order valence-electron chi connectivity index (χ4n) is 2.09. The predicted molar refractivity (Wildman–Crippen MR) is 53.2 cm³/mol. The Bertz CT molecular complexity index is 170. The van der Waals surface area contributed by atoms with Crippen molar-refractivity contribution in [2.24, 2.45) is 11.7 Å². The first-order chi connectivity index (χ1) is 6.22. The lowest BCUT2D eigenvalue weighted by molar-refractivity contribution is -0.117. The number of carbonyl (C=O) groups is 1. The lowest BCUT2D eigenvalue weighted by Gasteiger charge is -2.28. The van der Waals surface area contributed by atoms with Crippen molar-refractivity contribution in [2.45, 2.75) is 45.1 Å². The maximum atomic E-state index is 10.6. The molecule has 0 saturated heterocycles. The minimum atomic E-state index is -0.251. The quantitative estimate of drug-likeness (QED) is 0.685. The number of primary amides is 1. The molecule has 76 valence electrons. The molecule has 0 heterocycles. The number of carbonyl (C=O) groups excluding carboxylic acids is 1. The average Bonchev–Trinajstić information content (AvgIpc) is 2.15. The van der Waals surface area contributed by atoms with E-state index in [1.807, 2.05) is 0 Å². The molecule has 0 aromatic carbocycles. The zero-order valence-electron chi connectivity index (χ0n) is 8.38. The van der Waals surface area contributed by atoms with Gasteiger partial charge in [-0.25, -0.2) is 0 Å². The van der Waals surface area contributed by atoms with E-state index in [4.69, 9.17) is 5.73 Å². The highest BCUT2D eigenvalue weighted by Crippen LogP contribution is 2.26. The normalized spacial score (nSPS) is 28.7. The van der Waals surface area contributed by atoms with Gasteiger partial charge in [-0.3, -0.25) is 4.79 Å². The van der Waals surface area contributed by atoms with Gasteiger partial charge < -0.3 is 11.1 Å². The van der Waals surface area contributed by atoms with Crippen molar-refractivity contribution in [3.05, 3.63) is 0 Å². The lowest BCUT2D eigenvalue weighted by atomic mass is 9.84. The standard InChI is InChI=1S/C10H20N2O/c1-2-8-4-3-5-9(6-8)12-7-10(11)13/h8-9,12H,2-7H2,1H3,(H2,11,13). The van der Waals surface area contributed by atoms with Crippen LogP contribution in [0.25, 0.3) is 0 Å². The van der Waals surface area contributed by atoms with E-state index in [2.05, 4.69) is 12.2 Å². The van der Waals surface area contributed by atoms with E-state index in [1.54, 1.807) is 0 Å². The lowest BCUT2D eigenvalue weighted by Crippen LogP contribution is -2.39.